The summed E-state index contributed by atoms with van der Waals surface area (Å²) in [4.78, 5) is 25.5. The summed E-state index contributed by atoms with van der Waals surface area (Å²) in [5, 5.41) is 11.1. The van der Waals surface area contributed by atoms with Crippen LogP contribution >= 0.6 is 11.8 Å². The predicted octanol–water partition coefficient (Wildman–Crippen LogP) is 5.25. The molecular weight excluding hydrogens is 448 g/mol. The molecule has 34 heavy (non-hydrogen) atoms. The first kappa shape index (κ1) is 22.4. The zero-order valence-electron chi connectivity index (χ0n) is 19.5. The topological polar surface area (TPSA) is 82.4 Å². The Morgan fingerprint density at radius 3 is 2.65 bits per heavy atom. The van der Waals surface area contributed by atoms with E-state index < -0.39 is 0 Å². The van der Waals surface area contributed by atoms with E-state index >= 15 is 0 Å². The van der Waals surface area contributed by atoms with Crippen LogP contribution in [0.15, 0.2) is 61.6 Å². The number of hydrogen-bond donors (Lipinski definition) is 0. The van der Waals surface area contributed by atoms with Crippen molar-refractivity contribution >= 4 is 39.4 Å². The number of rotatable bonds is 7. The Bertz CT molecular complexity index is 1650. The van der Waals surface area contributed by atoms with Crippen molar-refractivity contribution in [3.05, 3.63) is 79.9 Å². The molecule has 0 unspecified atom stereocenters. The van der Waals surface area contributed by atoms with Gasteiger partial charge in [0.25, 0.3) is 5.56 Å². The standard InChI is InChI=1S/C26H26N4O3S/c1-4-5-8-13-29-24(32)20-9-6-7-10-21(20)30-25(29)27-28-26(30)34-15-18-14-22(31)33-23-17(3)16(2)11-12-19(18)23/h6-7,9-12,14H,4-5,8,13,15H2,1-3H3. The van der Waals surface area contributed by atoms with Crippen LogP contribution in [0, 0.1) is 13.8 Å². The number of aryl methyl sites for hydroxylation is 3. The Kier molecular flexibility index (Phi) is 6.00. The predicted molar refractivity (Wildman–Crippen MR) is 136 cm³/mol. The van der Waals surface area contributed by atoms with E-state index in [0.717, 1.165) is 46.9 Å². The Morgan fingerprint density at radius 1 is 1.00 bits per heavy atom. The Labute approximate surface area is 200 Å². The second-order valence-electron chi connectivity index (χ2n) is 8.56. The molecule has 0 amide bonds. The van der Waals surface area contributed by atoms with Gasteiger partial charge in [-0.15, -0.1) is 10.2 Å². The molecule has 0 bridgehead atoms. The van der Waals surface area contributed by atoms with E-state index in [1.807, 2.05) is 54.6 Å². The van der Waals surface area contributed by atoms with E-state index in [1.165, 1.54) is 11.8 Å². The van der Waals surface area contributed by atoms with Crippen LogP contribution in [0.2, 0.25) is 0 Å². The number of para-hydroxylation sites is 1. The Morgan fingerprint density at radius 2 is 1.82 bits per heavy atom. The third-order valence-electron chi connectivity index (χ3n) is 6.34. The van der Waals surface area contributed by atoms with Crippen LogP contribution in [0.4, 0.5) is 0 Å². The zero-order valence-corrected chi connectivity index (χ0v) is 20.3. The van der Waals surface area contributed by atoms with Crippen LogP contribution in [0.1, 0.15) is 42.9 Å². The van der Waals surface area contributed by atoms with Crippen molar-refractivity contribution in [3.8, 4) is 0 Å². The lowest BCUT2D eigenvalue weighted by molar-refractivity contribution is 0.557. The first-order chi connectivity index (χ1) is 16.5. The molecule has 0 aliphatic heterocycles. The number of hydrogen-bond acceptors (Lipinski definition) is 6. The molecular formula is C26H26N4O3S. The van der Waals surface area contributed by atoms with Crippen LogP contribution < -0.4 is 11.2 Å². The molecule has 8 heteroatoms. The zero-order chi connectivity index (χ0) is 23.8. The first-order valence-electron chi connectivity index (χ1n) is 11.5. The lowest BCUT2D eigenvalue weighted by Crippen LogP contribution is -2.23. The number of aromatic nitrogens is 4. The number of thioether (sulfide) groups is 1. The lowest BCUT2D eigenvalue weighted by atomic mass is 10.0. The molecule has 3 aromatic heterocycles. The van der Waals surface area contributed by atoms with Gasteiger partial charge < -0.3 is 4.42 Å². The molecule has 0 aliphatic rings. The van der Waals surface area contributed by atoms with Crippen molar-refractivity contribution in [3.63, 3.8) is 0 Å². The van der Waals surface area contributed by atoms with Crippen LogP contribution in [0.5, 0.6) is 0 Å². The third kappa shape index (κ3) is 3.81. The molecule has 5 rings (SSSR count). The summed E-state index contributed by atoms with van der Waals surface area (Å²) in [5.74, 6) is 1.07. The van der Waals surface area contributed by atoms with Crippen LogP contribution in [0.3, 0.4) is 0 Å². The van der Waals surface area contributed by atoms with Gasteiger partial charge >= 0.3 is 5.63 Å². The molecule has 0 aliphatic carbocycles. The molecule has 0 saturated carbocycles. The summed E-state index contributed by atoms with van der Waals surface area (Å²) in [6, 6.07) is 13.2. The van der Waals surface area contributed by atoms with Gasteiger partial charge in [-0.25, -0.2) is 4.79 Å². The van der Waals surface area contributed by atoms with E-state index in [-0.39, 0.29) is 11.2 Å². The third-order valence-corrected chi connectivity index (χ3v) is 7.32. The Hall–Kier alpha value is -3.39. The molecule has 3 heterocycles. The summed E-state index contributed by atoms with van der Waals surface area (Å²) in [5.41, 5.74) is 3.94. The van der Waals surface area contributed by atoms with Gasteiger partial charge in [-0.1, -0.05) is 55.8 Å². The van der Waals surface area contributed by atoms with E-state index in [4.69, 9.17) is 4.42 Å². The number of nitrogens with zero attached hydrogens (tertiary/aromatic N) is 4. The fourth-order valence-corrected chi connectivity index (χ4v) is 5.27. The fraction of sp³-hybridized carbons (Fsp3) is 0.308. The summed E-state index contributed by atoms with van der Waals surface area (Å²) >= 11 is 1.49. The average Bonchev–Trinajstić information content (AvgIpc) is 3.26. The average molecular weight is 475 g/mol. The fourth-order valence-electron chi connectivity index (χ4n) is 4.33. The normalized spacial score (nSPS) is 11.7. The molecule has 7 nitrogen and oxygen atoms in total. The van der Waals surface area contributed by atoms with Gasteiger partial charge in [0, 0.05) is 23.8 Å². The first-order valence-corrected chi connectivity index (χ1v) is 12.5. The molecule has 174 valence electrons. The van der Waals surface area contributed by atoms with Gasteiger partial charge in [0.05, 0.1) is 10.9 Å². The maximum Gasteiger partial charge on any atom is 0.336 e. The summed E-state index contributed by atoms with van der Waals surface area (Å²) in [6.45, 7) is 6.71. The van der Waals surface area contributed by atoms with Crippen molar-refractivity contribution in [1.29, 1.82) is 0 Å². The second-order valence-corrected chi connectivity index (χ2v) is 9.51. The second kappa shape index (κ2) is 9.10. The molecule has 0 radical (unpaired) electrons. The van der Waals surface area contributed by atoms with Gasteiger partial charge in [-0.3, -0.25) is 13.8 Å². The molecule has 0 spiro atoms. The Balaban J connectivity index is 1.60. The minimum absolute atomic E-state index is 0.0411. The van der Waals surface area contributed by atoms with E-state index in [0.29, 0.717) is 34.2 Å². The van der Waals surface area contributed by atoms with Crippen molar-refractivity contribution < 1.29 is 4.42 Å². The van der Waals surface area contributed by atoms with E-state index in [2.05, 4.69) is 17.1 Å². The highest BCUT2D eigenvalue weighted by Crippen LogP contribution is 2.29. The highest BCUT2D eigenvalue weighted by Gasteiger charge is 2.17. The quantitative estimate of drug-likeness (QED) is 0.182. The summed E-state index contributed by atoms with van der Waals surface area (Å²) in [7, 11) is 0. The number of benzene rings is 2. The van der Waals surface area contributed by atoms with Gasteiger partial charge in [0.1, 0.15) is 5.58 Å². The largest absolute Gasteiger partial charge is 0.422 e. The van der Waals surface area contributed by atoms with Crippen molar-refractivity contribution in [2.75, 3.05) is 0 Å². The molecule has 5 aromatic rings. The molecule has 0 atom stereocenters. The van der Waals surface area contributed by atoms with Crippen LogP contribution in [-0.2, 0) is 12.3 Å². The highest BCUT2D eigenvalue weighted by atomic mass is 32.2. The van der Waals surface area contributed by atoms with Gasteiger partial charge in [-0.05, 0) is 49.1 Å². The minimum Gasteiger partial charge on any atom is -0.422 e. The summed E-state index contributed by atoms with van der Waals surface area (Å²) < 4.78 is 9.20. The van der Waals surface area contributed by atoms with Crippen LogP contribution in [-0.4, -0.2) is 19.2 Å². The minimum atomic E-state index is -0.363. The molecule has 2 aromatic carbocycles. The van der Waals surface area contributed by atoms with Gasteiger partial charge in [-0.2, -0.15) is 0 Å². The van der Waals surface area contributed by atoms with Crippen molar-refractivity contribution in [2.24, 2.45) is 0 Å². The SMILES string of the molecule is CCCCCn1c(=O)c2ccccc2n2c(SCc3cc(=O)oc4c(C)c(C)ccc34)nnc12. The summed E-state index contributed by atoms with van der Waals surface area (Å²) in [6.07, 6.45) is 3.03. The smallest absolute Gasteiger partial charge is 0.336 e. The maximum absolute atomic E-state index is 13.2. The van der Waals surface area contributed by atoms with E-state index in [9.17, 15) is 9.59 Å². The van der Waals surface area contributed by atoms with Gasteiger partial charge in [0.2, 0.25) is 5.78 Å². The molecule has 0 N–H and O–H groups in total. The van der Waals surface area contributed by atoms with Crippen molar-refractivity contribution in [2.45, 2.75) is 57.5 Å². The molecule has 0 saturated heterocycles. The number of fused-ring (bicyclic) bond motifs is 4. The van der Waals surface area contributed by atoms with Gasteiger partial charge in [0.15, 0.2) is 5.16 Å². The van der Waals surface area contributed by atoms with Crippen molar-refractivity contribution in [1.82, 2.24) is 19.2 Å². The lowest BCUT2D eigenvalue weighted by Gasteiger charge is -2.11. The highest BCUT2D eigenvalue weighted by molar-refractivity contribution is 7.98. The monoisotopic (exact) mass is 474 g/mol. The molecule has 0 fully saturated rings. The van der Waals surface area contributed by atoms with E-state index in [1.54, 1.807) is 10.6 Å². The number of unbranched alkanes of at least 4 members (excludes halogenated alkanes) is 2. The maximum atomic E-state index is 13.2. The van der Waals surface area contributed by atoms with Crippen LogP contribution in [0.25, 0.3) is 27.6 Å².